The molecule has 0 aliphatic carbocycles. The maximum atomic E-state index is 11.9. The Morgan fingerprint density at radius 2 is 1.87 bits per heavy atom. The molecule has 38 heavy (non-hydrogen) atoms. The van der Waals surface area contributed by atoms with Crippen LogP contribution in [-0.2, 0) is 9.53 Å². The highest BCUT2D eigenvalue weighted by atomic mass is 16.5. The lowest BCUT2D eigenvalue weighted by Gasteiger charge is -2.31. The first-order valence-corrected chi connectivity index (χ1v) is 13.1. The molecule has 1 amide bonds. The first-order chi connectivity index (χ1) is 18.6. The summed E-state index contributed by atoms with van der Waals surface area (Å²) in [6.45, 7) is 5.62. The largest absolute Gasteiger partial charge is 0.495 e. The van der Waals surface area contributed by atoms with Crippen LogP contribution in [0.5, 0.6) is 17.2 Å². The van der Waals surface area contributed by atoms with E-state index in [0.29, 0.717) is 36.2 Å². The second-order valence-corrected chi connectivity index (χ2v) is 9.53. The van der Waals surface area contributed by atoms with Gasteiger partial charge in [0.2, 0.25) is 5.91 Å². The molecule has 2 aliphatic rings. The van der Waals surface area contributed by atoms with Crippen LogP contribution in [0.2, 0.25) is 0 Å². The topological polar surface area (TPSA) is 95.0 Å². The highest BCUT2D eigenvalue weighted by Crippen LogP contribution is 2.39. The van der Waals surface area contributed by atoms with Crippen molar-refractivity contribution in [1.82, 2.24) is 14.9 Å². The van der Waals surface area contributed by atoms with Gasteiger partial charge in [-0.2, -0.15) is 0 Å². The van der Waals surface area contributed by atoms with E-state index in [9.17, 15) is 4.79 Å². The lowest BCUT2D eigenvalue weighted by Crippen LogP contribution is -2.41. The number of anilines is 2. The Hall–Kier alpha value is -3.85. The van der Waals surface area contributed by atoms with Gasteiger partial charge in [-0.3, -0.25) is 4.79 Å². The van der Waals surface area contributed by atoms with Crippen molar-refractivity contribution in [2.24, 2.45) is 0 Å². The van der Waals surface area contributed by atoms with Crippen molar-refractivity contribution in [2.75, 3.05) is 39.2 Å². The number of piperidine rings is 1. The minimum Gasteiger partial charge on any atom is -0.495 e. The summed E-state index contributed by atoms with van der Waals surface area (Å²) in [7, 11) is 3.27. The molecule has 5 rings (SSSR count). The summed E-state index contributed by atoms with van der Waals surface area (Å²) in [6, 6.07) is 9.86. The van der Waals surface area contributed by atoms with Crippen molar-refractivity contribution in [2.45, 2.75) is 44.3 Å². The van der Waals surface area contributed by atoms with Gasteiger partial charge < -0.3 is 29.2 Å². The van der Waals surface area contributed by atoms with Gasteiger partial charge in [-0.25, -0.2) is 9.97 Å². The first-order valence-electron chi connectivity index (χ1n) is 13.1. The fourth-order valence-electron chi connectivity index (χ4n) is 5.07. The standard InChI is InChI=1S/C29H34N4O5/c1-4-28(34)33-12-10-20(11-13-33)38-27-16-21-22(17-26(27)36-3)30-18-31-29(21)32-23-15-19(8-9-25(23)35-2)24-7-5-6-14-37-24/h4,8-9,15-18,20,24H,1,5-7,10-14H2,2-3H3,(H,30,31,32). The van der Waals surface area contributed by atoms with Crippen LogP contribution in [0.15, 0.2) is 49.3 Å². The van der Waals surface area contributed by atoms with Gasteiger partial charge in [-0.05, 0) is 49.1 Å². The lowest BCUT2D eigenvalue weighted by atomic mass is 10.0. The molecule has 2 aliphatic heterocycles. The van der Waals surface area contributed by atoms with Crippen molar-refractivity contribution in [3.05, 3.63) is 54.9 Å². The zero-order valence-electron chi connectivity index (χ0n) is 21.9. The number of hydrogen-bond acceptors (Lipinski definition) is 8. The summed E-state index contributed by atoms with van der Waals surface area (Å²) in [5, 5.41) is 4.25. The van der Waals surface area contributed by atoms with Crippen LogP contribution < -0.4 is 19.5 Å². The predicted molar refractivity (Wildman–Crippen MR) is 145 cm³/mol. The van der Waals surface area contributed by atoms with E-state index < -0.39 is 0 Å². The Labute approximate surface area is 222 Å². The number of fused-ring (bicyclic) bond motifs is 1. The van der Waals surface area contributed by atoms with E-state index in [0.717, 1.165) is 60.9 Å². The number of hydrogen-bond donors (Lipinski definition) is 1. The normalized spacial score (nSPS) is 18.2. The average molecular weight is 519 g/mol. The van der Waals surface area contributed by atoms with E-state index in [2.05, 4.69) is 34.0 Å². The maximum absolute atomic E-state index is 11.9. The van der Waals surface area contributed by atoms with Crippen LogP contribution in [0.4, 0.5) is 11.5 Å². The number of likely N-dealkylation sites (tertiary alicyclic amines) is 1. The number of amides is 1. The number of aromatic nitrogens is 2. The van der Waals surface area contributed by atoms with Gasteiger partial charge in [0.05, 0.1) is 31.5 Å². The first kappa shape index (κ1) is 25.8. The van der Waals surface area contributed by atoms with E-state index >= 15 is 0 Å². The quantitative estimate of drug-likeness (QED) is 0.407. The smallest absolute Gasteiger partial charge is 0.245 e. The van der Waals surface area contributed by atoms with E-state index in [1.807, 2.05) is 18.2 Å². The van der Waals surface area contributed by atoms with E-state index in [-0.39, 0.29) is 18.1 Å². The van der Waals surface area contributed by atoms with Crippen molar-refractivity contribution in [3.63, 3.8) is 0 Å². The van der Waals surface area contributed by atoms with E-state index in [1.165, 1.54) is 12.4 Å². The Morgan fingerprint density at radius 1 is 1.05 bits per heavy atom. The van der Waals surface area contributed by atoms with Crippen LogP contribution in [-0.4, -0.2) is 60.8 Å². The summed E-state index contributed by atoms with van der Waals surface area (Å²) < 4.78 is 23.7. The SMILES string of the molecule is C=CC(=O)N1CCC(Oc2cc3c(Nc4cc(C5CCCCO5)ccc4OC)ncnc3cc2OC)CC1. The fraction of sp³-hybridized carbons (Fsp3) is 0.414. The molecule has 3 aromatic rings. The highest BCUT2D eigenvalue weighted by molar-refractivity contribution is 5.93. The van der Waals surface area contributed by atoms with Gasteiger partial charge in [0.15, 0.2) is 11.5 Å². The van der Waals surface area contributed by atoms with E-state index in [1.54, 1.807) is 19.1 Å². The van der Waals surface area contributed by atoms with E-state index in [4.69, 9.17) is 18.9 Å². The molecule has 3 heterocycles. The Kier molecular flexibility index (Phi) is 7.93. The molecular formula is C29H34N4O5. The molecule has 2 fully saturated rings. The second-order valence-electron chi connectivity index (χ2n) is 9.53. The van der Waals surface area contributed by atoms with Crippen LogP contribution in [0.25, 0.3) is 10.9 Å². The molecule has 9 heteroatoms. The molecule has 0 radical (unpaired) electrons. The molecule has 2 saturated heterocycles. The van der Waals surface area contributed by atoms with Gasteiger partial charge in [0.1, 0.15) is 24.0 Å². The fourth-order valence-corrected chi connectivity index (χ4v) is 5.07. The van der Waals surface area contributed by atoms with Crippen molar-refractivity contribution >= 4 is 28.3 Å². The molecule has 0 spiro atoms. The molecule has 9 nitrogen and oxygen atoms in total. The van der Waals surface area contributed by atoms with Gasteiger partial charge in [0, 0.05) is 44.0 Å². The van der Waals surface area contributed by atoms with Crippen molar-refractivity contribution in [3.8, 4) is 17.2 Å². The zero-order valence-corrected chi connectivity index (χ0v) is 21.9. The lowest BCUT2D eigenvalue weighted by molar-refractivity contribution is -0.127. The maximum Gasteiger partial charge on any atom is 0.245 e. The van der Waals surface area contributed by atoms with Crippen LogP contribution >= 0.6 is 0 Å². The molecule has 2 aromatic carbocycles. The summed E-state index contributed by atoms with van der Waals surface area (Å²) in [4.78, 5) is 22.7. The molecule has 1 atom stereocenters. The average Bonchev–Trinajstić information content (AvgIpc) is 2.97. The number of rotatable bonds is 8. The summed E-state index contributed by atoms with van der Waals surface area (Å²) in [5.74, 6) is 2.51. The Bertz CT molecular complexity index is 1300. The van der Waals surface area contributed by atoms with Gasteiger partial charge in [-0.15, -0.1) is 0 Å². The molecule has 1 unspecified atom stereocenters. The number of benzene rings is 2. The summed E-state index contributed by atoms with van der Waals surface area (Å²) >= 11 is 0. The van der Waals surface area contributed by atoms with Crippen molar-refractivity contribution in [1.29, 1.82) is 0 Å². The van der Waals surface area contributed by atoms with Crippen LogP contribution in [0, 0.1) is 0 Å². The number of methoxy groups -OCH3 is 2. The zero-order chi connectivity index (χ0) is 26.5. The minimum atomic E-state index is -0.0471. The third-order valence-electron chi connectivity index (χ3n) is 7.17. The number of ether oxygens (including phenoxy) is 4. The third kappa shape index (κ3) is 5.52. The van der Waals surface area contributed by atoms with Gasteiger partial charge >= 0.3 is 0 Å². The Balaban J connectivity index is 1.42. The molecule has 0 bridgehead atoms. The van der Waals surface area contributed by atoms with Crippen molar-refractivity contribution < 1.29 is 23.7 Å². The molecule has 1 N–H and O–H groups in total. The molecule has 0 saturated carbocycles. The number of nitrogens with zero attached hydrogens (tertiary/aromatic N) is 3. The number of nitrogens with one attached hydrogen (secondary N) is 1. The van der Waals surface area contributed by atoms with Crippen LogP contribution in [0.1, 0.15) is 43.8 Å². The summed E-state index contributed by atoms with van der Waals surface area (Å²) in [6.07, 6.45) is 7.64. The number of carbonyl (C=O) groups excluding carboxylic acids is 1. The van der Waals surface area contributed by atoms with Gasteiger partial charge in [0.25, 0.3) is 0 Å². The highest BCUT2D eigenvalue weighted by Gasteiger charge is 2.24. The third-order valence-corrected chi connectivity index (χ3v) is 7.17. The monoisotopic (exact) mass is 518 g/mol. The van der Waals surface area contributed by atoms with Crippen LogP contribution in [0.3, 0.4) is 0 Å². The minimum absolute atomic E-state index is 0.0384. The summed E-state index contributed by atoms with van der Waals surface area (Å²) in [5.41, 5.74) is 2.64. The molecule has 1 aromatic heterocycles. The van der Waals surface area contributed by atoms with Gasteiger partial charge in [-0.1, -0.05) is 12.6 Å². The molecular weight excluding hydrogens is 484 g/mol. The predicted octanol–water partition coefficient (Wildman–Crippen LogP) is 5.19. The number of carbonyl (C=O) groups is 1. The second kappa shape index (κ2) is 11.7. The Morgan fingerprint density at radius 3 is 2.58 bits per heavy atom. The molecule has 200 valence electrons.